The van der Waals surface area contributed by atoms with Crippen LogP contribution in [0.2, 0.25) is 10.0 Å². The first-order valence-electron chi connectivity index (χ1n) is 9.11. The predicted octanol–water partition coefficient (Wildman–Crippen LogP) is 5.99. The number of halogens is 2. The number of anilines is 1. The third kappa shape index (κ3) is 2.37. The Balaban J connectivity index is 1.69. The number of benzene rings is 2. The quantitative estimate of drug-likeness (QED) is 0.665. The van der Waals surface area contributed by atoms with Gasteiger partial charge in [-0.25, -0.2) is 4.79 Å². The molecule has 2 bridgehead atoms. The molecule has 2 aliphatic carbocycles. The van der Waals surface area contributed by atoms with Gasteiger partial charge in [0.05, 0.1) is 17.3 Å². The number of hydrogen-bond donors (Lipinski definition) is 2. The Morgan fingerprint density at radius 1 is 1.08 bits per heavy atom. The molecule has 1 aliphatic heterocycles. The highest BCUT2D eigenvalue weighted by Gasteiger charge is 2.54. The van der Waals surface area contributed by atoms with Crippen LogP contribution in [-0.4, -0.2) is 11.1 Å². The van der Waals surface area contributed by atoms with Crippen molar-refractivity contribution >= 4 is 34.9 Å². The Morgan fingerprint density at radius 3 is 2.54 bits per heavy atom. The van der Waals surface area contributed by atoms with Crippen molar-refractivity contribution < 1.29 is 9.90 Å². The lowest BCUT2D eigenvalue weighted by Gasteiger charge is -2.44. The van der Waals surface area contributed by atoms with Crippen molar-refractivity contribution in [1.82, 2.24) is 0 Å². The summed E-state index contributed by atoms with van der Waals surface area (Å²) in [5.74, 6) is 1.29. The van der Waals surface area contributed by atoms with Gasteiger partial charge in [0.1, 0.15) is 0 Å². The summed E-state index contributed by atoms with van der Waals surface area (Å²) in [5, 5.41) is 14.5. The van der Waals surface area contributed by atoms with Gasteiger partial charge >= 0.3 is 5.97 Å². The fourth-order valence-electron chi connectivity index (χ4n) is 5.78. The van der Waals surface area contributed by atoms with Crippen LogP contribution in [0.15, 0.2) is 36.4 Å². The van der Waals surface area contributed by atoms with E-state index in [9.17, 15) is 9.90 Å². The van der Waals surface area contributed by atoms with Crippen molar-refractivity contribution in [2.75, 3.05) is 5.32 Å². The summed E-state index contributed by atoms with van der Waals surface area (Å²) in [6.45, 7) is 0. The Kier molecular flexibility index (Phi) is 3.74. The topological polar surface area (TPSA) is 49.3 Å². The van der Waals surface area contributed by atoms with E-state index in [1.54, 1.807) is 12.1 Å². The number of carboxylic acid groups (broad SMARTS) is 1. The predicted molar refractivity (Wildman–Crippen MR) is 103 cm³/mol. The zero-order valence-electron chi connectivity index (χ0n) is 14.1. The molecule has 2 saturated carbocycles. The highest BCUT2D eigenvalue weighted by Crippen LogP contribution is 2.64. The number of carboxylic acids is 1. The Morgan fingerprint density at radius 2 is 1.81 bits per heavy atom. The zero-order valence-corrected chi connectivity index (χ0v) is 15.6. The lowest BCUT2D eigenvalue weighted by molar-refractivity contribution is 0.0697. The van der Waals surface area contributed by atoms with E-state index in [1.807, 2.05) is 18.2 Å². The van der Waals surface area contributed by atoms with E-state index in [1.165, 1.54) is 24.8 Å². The van der Waals surface area contributed by atoms with Gasteiger partial charge in [-0.1, -0.05) is 35.3 Å². The van der Waals surface area contributed by atoms with Crippen LogP contribution in [0.5, 0.6) is 0 Å². The molecule has 2 N–H and O–H groups in total. The number of aromatic carboxylic acids is 1. The molecule has 5 rings (SSSR count). The van der Waals surface area contributed by atoms with E-state index in [4.69, 9.17) is 23.2 Å². The van der Waals surface area contributed by atoms with Crippen molar-refractivity contribution in [1.29, 1.82) is 0 Å². The molecule has 3 nitrogen and oxygen atoms in total. The average molecular weight is 388 g/mol. The number of para-hydroxylation sites is 1. The van der Waals surface area contributed by atoms with Crippen LogP contribution in [0.25, 0.3) is 0 Å². The standard InChI is InChI=1S/C21H19Cl2NO2/c22-13-7-12(8-14(23)9-13)19-18-11-5-4-10(6-11)17(18)15-2-1-3-16(21(25)26)20(15)24-19/h1-3,7-11,17-19,24H,4-6H2,(H,25,26). The first kappa shape index (κ1) is 16.5. The van der Waals surface area contributed by atoms with Crippen molar-refractivity contribution in [2.24, 2.45) is 17.8 Å². The van der Waals surface area contributed by atoms with E-state index in [0.717, 1.165) is 11.3 Å². The van der Waals surface area contributed by atoms with Gasteiger partial charge in [-0.3, -0.25) is 0 Å². The van der Waals surface area contributed by atoms with Crippen LogP contribution in [0.1, 0.15) is 52.7 Å². The third-order valence-corrected chi connectivity index (χ3v) is 7.03. The Labute approximate surface area is 162 Å². The minimum atomic E-state index is -0.890. The molecule has 0 amide bonds. The summed E-state index contributed by atoms with van der Waals surface area (Å²) >= 11 is 12.5. The molecule has 5 unspecified atom stereocenters. The van der Waals surface area contributed by atoms with Gasteiger partial charge in [0.15, 0.2) is 0 Å². The van der Waals surface area contributed by atoms with Crippen molar-refractivity contribution in [3.8, 4) is 0 Å². The number of carbonyl (C=O) groups is 1. The largest absolute Gasteiger partial charge is 0.478 e. The molecule has 2 aromatic carbocycles. The normalized spacial score (nSPS) is 31.2. The summed E-state index contributed by atoms with van der Waals surface area (Å²) in [7, 11) is 0. The first-order chi connectivity index (χ1) is 12.5. The van der Waals surface area contributed by atoms with E-state index in [-0.39, 0.29) is 6.04 Å². The maximum atomic E-state index is 11.8. The van der Waals surface area contributed by atoms with Gasteiger partial charge in [0.25, 0.3) is 0 Å². The molecule has 5 heteroatoms. The lowest BCUT2D eigenvalue weighted by atomic mass is 9.67. The zero-order chi connectivity index (χ0) is 18.0. The van der Waals surface area contributed by atoms with E-state index < -0.39 is 5.97 Å². The van der Waals surface area contributed by atoms with Crippen molar-refractivity contribution in [3.05, 3.63) is 63.1 Å². The molecular weight excluding hydrogens is 369 g/mol. The molecular formula is C21H19Cl2NO2. The van der Waals surface area contributed by atoms with Gasteiger partial charge in [0.2, 0.25) is 0 Å². The molecule has 3 aliphatic rings. The molecule has 134 valence electrons. The summed E-state index contributed by atoms with van der Waals surface area (Å²) in [4.78, 5) is 11.8. The molecule has 2 fully saturated rings. The van der Waals surface area contributed by atoms with Crippen molar-refractivity contribution in [2.45, 2.75) is 31.2 Å². The molecule has 1 heterocycles. The summed E-state index contributed by atoms with van der Waals surface area (Å²) in [6.07, 6.45) is 3.73. The van der Waals surface area contributed by atoms with Gasteiger partial charge in [-0.2, -0.15) is 0 Å². The molecule has 0 aromatic heterocycles. The Bertz CT molecular complexity index is 893. The monoisotopic (exact) mass is 387 g/mol. The number of fused-ring (bicyclic) bond motifs is 7. The number of nitrogens with one attached hydrogen (secondary N) is 1. The van der Waals surface area contributed by atoms with Crippen LogP contribution in [0, 0.1) is 17.8 Å². The summed E-state index contributed by atoms with van der Waals surface area (Å²) in [5.41, 5.74) is 3.35. The Hall–Kier alpha value is -1.71. The maximum Gasteiger partial charge on any atom is 0.337 e. The fourth-order valence-corrected chi connectivity index (χ4v) is 6.32. The number of hydrogen-bond acceptors (Lipinski definition) is 2. The molecule has 0 spiro atoms. The van der Waals surface area contributed by atoms with Gasteiger partial charge in [0, 0.05) is 10.0 Å². The van der Waals surface area contributed by atoms with Gasteiger partial charge < -0.3 is 10.4 Å². The molecule has 0 radical (unpaired) electrons. The molecule has 0 saturated heterocycles. The van der Waals surface area contributed by atoms with Crippen LogP contribution >= 0.6 is 23.2 Å². The second-order valence-electron chi connectivity index (χ2n) is 7.84. The van der Waals surface area contributed by atoms with Gasteiger partial charge in [-0.05, 0) is 78.3 Å². The van der Waals surface area contributed by atoms with E-state index in [2.05, 4.69) is 11.4 Å². The molecule has 26 heavy (non-hydrogen) atoms. The average Bonchev–Trinajstić information content (AvgIpc) is 3.21. The van der Waals surface area contributed by atoms with Crippen LogP contribution in [0.4, 0.5) is 5.69 Å². The smallest absolute Gasteiger partial charge is 0.337 e. The third-order valence-electron chi connectivity index (χ3n) is 6.60. The highest BCUT2D eigenvalue weighted by atomic mass is 35.5. The van der Waals surface area contributed by atoms with Crippen LogP contribution in [-0.2, 0) is 0 Å². The molecule has 5 atom stereocenters. The second kappa shape index (κ2) is 5.90. The highest BCUT2D eigenvalue weighted by molar-refractivity contribution is 6.34. The van der Waals surface area contributed by atoms with Crippen molar-refractivity contribution in [3.63, 3.8) is 0 Å². The maximum absolute atomic E-state index is 11.8. The minimum absolute atomic E-state index is 0.0412. The second-order valence-corrected chi connectivity index (χ2v) is 8.71. The van der Waals surface area contributed by atoms with Gasteiger partial charge in [-0.15, -0.1) is 0 Å². The first-order valence-corrected chi connectivity index (χ1v) is 9.87. The summed E-state index contributed by atoms with van der Waals surface area (Å²) < 4.78 is 0. The van der Waals surface area contributed by atoms with Crippen LogP contribution < -0.4 is 5.32 Å². The summed E-state index contributed by atoms with van der Waals surface area (Å²) in [6, 6.07) is 11.4. The fraction of sp³-hybridized carbons (Fsp3) is 0.381. The van der Waals surface area contributed by atoms with E-state index >= 15 is 0 Å². The van der Waals surface area contributed by atoms with E-state index in [0.29, 0.717) is 39.3 Å². The minimum Gasteiger partial charge on any atom is -0.478 e. The van der Waals surface area contributed by atoms with Crippen LogP contribution in [0.3, 0.4) is 0 Å². The SMILES string of the molecule is O=C(O)c1cccc2c1NC(c1cc(Cl)cc(Cl)c1)C1C3CCC(C3)C21. The lowest BCUT2D eigenvalue weighted by Crippen LogP contribution is -2.36. The molecule has 2 aromatic rings. The number of rotatable bonds is 2.